The van der Waals surface area contributed by atoms with Crippen LogP contribution >= 0.6 is 0 Å². The Labute approximate surface area is 242 Å². The summed E-state index contributed by atoms with van der Waals surface area (Å²) in [6, 6.07) is 22.6. The van der Waals surface area contributed by atoms with Gasteiger partial charge in [0, 0.05) is 18.5 Å². The van der Waals surface area contributed by atoms with Crippen LogP contribution in [0.15, 0.2) is 96.0 Å². The third-order valence-electron chi connectivity index (χ3n) is 6.80. The number of hydrogen-bond acceptors (Lipinski definition) is 7. The SMILES string of the molecule is COC(=O)c1cc(S(=O)(=O)N(Cc2ccc(OC)cc2)Cc2ccc(OC)cc2)c2cnn(-c3ccc(F)cc3)c2c1. The highest BCUT2D eigenvalue weighted by molar-refractivity contribution is 7.89. The van der Waals surface area contributed by atoms with Crippen molar-refractivity contribution >= 4 is 26.9 Å². The topological polar surface area (TPSA) is 100.0 Å². The Morgan fingerprint density at radius 1 is 0.833 bits per heavy atom. The molecule has 9 nitrogen and oxygen atoms in total. The van der Waals surface area contributed by atoms with Gasteiger partial charge < -0.3 is 14.2 Å². The van der Waals surface area contributed by atoms with E-state index in [4.69, 9.17) is 14.2 Å². The molecule has 0 spiro atoms. The first-order valence-corrected chi connectivity index (χ1v) is 14.3. The Bertz CT molecular complexity index is 1770. The van der Waals surface area contributed by atoms with Crippen LogP contribution in [0.3, 0.4) is 0 Å². The predicted molar refractivity (Wildman–Crippen MR) is 155 cm³/mol. The van der Waals surface area contributed by atoms with Crippen LogP contribution in [-0.4, -0.2) is 49.8 Å². The summed E-state index contributed by atoms with van der Waals surface area (Å²) in [5.41, 5.74) is 2.33. The number of halogens is 1. The lowest BCUT2D eigenvalue weighted by atomic mass is 10.1. The summed E-state index contributed by atoms with van der Waals surface area (Å²) >= 11 is 0. The number of methoxy groups -OCH3 is 3. The molecule has 0 radical (unpaired) electrons. The number of aromatic nitrogens is 2. The first-order valence-electron chi connectivity index (χ1n) is 12.9. The number of sulfonamides is 1. The number of esters is 1. The van der Waals surface area contributed by atoms with Crippen LogP contribution in [0.5, 0.6) is 11.5 Å². The van der Waals surface area contributed by atoms with E-state index in [0.717, 1.165) is 11.1 Å². The van der Waals surface area contributed by atoms with E-state index in [1.54, 1.807) is 62.8 Å². The minimum absolute atomic E-state index is 0.0290. The molecule has 4 aromatic carbocycles. The molecule has 0 fully saturated rings. The Balaban J connectivity index is 1.66. The van der Waals surface area contributed by atoms with Crippen molar-refractivity contribution < 1.29 is 31.8 Å². The summed E-state index contributed by atoms with van der Waals surface area (Å²) < 4.78 is 60.8. The fraction of sp³-hybridized carbons (Fsp3) is 0.161. The van der Waals surface area contributed by atoms with Gasteiger partial charge in [0.2, 0.25) is 10.0 Å². The Kier molecular flexibility index (Phi) is 8.23. The molecule has 0 aliphatic heterocycles. The zero-order valence-corrected chi connectivity index (χ0v) is 24.0. The molecular weight excluding hydrogens is 561 g/mol. The van der Waals surface area contributed by atoms with Crippen LogP contribution in [0.1, 0.15) is 21.5 Å². The summed E-state index contributed by atoms with van der Waals surface area (Å²) in [5, 5.41) is 4.69. The minimum atomic E-state index is -4.25. The second kappa shape index (κ2) is 12.0. The lowest BCUT2D eigenvalue weighted by Gasteiger charge is -2.23. The summed E-state index contributed by atoms with van der Waals surface area (Å²) in [5.74, 6) is 0.145. The van der Waals surface area contributed by atoms with E-state index in [-0.39, 0.29) is 23.5 Å². The van der Waals surface area contributed by atoms with Crippen molar-refractivity contribution in [1.82, 2.24) is 14.1 Å². The molecule has 0 unspecified atom stereocenters. The zero-order valence-electron chi connectivity index (χ0n) is 23.2. The Morgan fingerprint density at radius 2 is 1.38 bits per heavy atom. The molecular formula is C31H28FN3O6S. The van der Waals surface area contributed by atoms with E-state index in [1.807, 2.05) is 0 Å². The number of fused-ring (bicyclic) bond motifs is 1. The molecule has 5 aromatic rings. The summed E-state index contributed by atoms with van der Waals surface area (Å²) in [4.78, 5) is 12.6. The van der Waals surface area contributed by atoms with Crippen LogP contribution in [-0.2, 0) is 27.8 Å². The molecule has 1 aromatic heterocycles. The lowest BCUT2D eigenvalue weighted by Crippen LogP contribution is -2.30. The molecule has 0 saturated carbocycles. The fourth-order valence-corrected chi connectivity index (χ4v) is 6.19. The number of rotatable bonds is 10. The van der Waals surface area contributed by atoms with Gasteiger partial charge in [-0.15, -0.1) is 0 Å². The Morgan fingerprint density at radius 3 is 1.88 bits per heavy atom. The van der Waals surface area contributed by atoms with Gasteiger partial charge in [0.1, 0.15) is 17.3 Å². The molecule has 5 rings (SSSR count). The van der Waals surface area contributed by atoms with Gasteiger partial charge in [-0.25, -0.2) is 22.3 Å². The van der Waals surface area contributed by atoms with Gasteiger partial charge in [0.25, 0.3) is 0 Å². The van der Waals surface area contributed by atoms with Gasteiger partial charge in [-0.05, 0) is 71.8 Å². The van der Waals surface area contributed by atoms with Crippen molar-refractivity contribution in [2.75, 3.05) is 21.3 Å². The summed E-state index contributed by atoms with van der Waals surface area (Å²) in [6.07, 6.45) is 1.42. The van der Waals surface area contributed by atoms with Crippen LogP contribution in [0.4, 0.5) is 4.39 Å². The first-order chi connectivity index (χ1) is 20.2. The summed E-state index contributed by atoms with van der Waals surface area (Å²) in [7, 11) is 0.0876. The third-order valence-corrected chi connectivity index (χ3v) is 8.63. The number of ether oxygens (including phenoxy) is 3. The van der Waals surface area contributed by atoms with Crippen molar-refractivity contribution in [2.24, 2.45) is 0 Å². The maximum absolute atomic E-state index is 14.5. The van der Waals surface area contributed by atoms with Gasteiger partial charge >= 0.3 is 5.97 Å². The van der Waals surface area contributed by atoms with Gasteiger partial charge in [-0.1, -0.05) is 24.3 Å². The molecule has 0 atom stereocenters. The highest BCUT2D eigenvalue weighted by atomic mass is 32.2. The molecule has 0 saturated heterocycles. The smallest absolute Gasteiger partial charge is 0.337 e. The van der Waals surface area contributed by atoms with Gasteiger partial charge in [0.15, 0.2) is 0 Å². The van der Waals surface area contributed by atoms with Gasteiger partial charge in [-0.3, -0.25) is 0 Å². The number of hydrogen-bond donors (Lipinski definition) is 0. The highest BCUT2D eigenvalue weighted by Gasteiger charge is 2.30. The molecule has 0 aliphatic carbocycles. The molecule has 0 aliphatic rings. The molecule has 11 heteroatoms. The van der Waals surface area contributed by atoms with Gasteiger partial charge in [-0.2, -0.15) is 9.40 Å². The monoisotopic (exact) mass is 589 g/mol. The van der Waals surface area contributed by atoms with E-state index in [0.29, 0.717) is 28.1 Å². The van der Waals surface area contributed by atoms with E-state index in [2.05, 4.69) is 5.10 Å². The van der Waals surface area contributed by atoms with Crippen molar-refractivity contribution in [3.63, 3.8) is 0 Å². The van der Waals surface area contributed by atoms with Crippen LogP contribution in [0.25, 0.3) is 16.6 Å². The Hall–Kier alpha value is -4.74. The summed E-state index contributed by atoms with van der Waals surface area (Å²) in [6.45, 7) is 0.0722. The largest absolute Gasteiger partial charge is 0.497 e. The van der Waals surface area contributed by atoms with Crippen molar-refractivity contribution in [3.8, 4) is 17.2 Å². The maximum Gasteiger partial charge on any atom is 0.337 e. The lowest BCUT2D eigenvalue weighted by molar-refractivity contribution is 0.0600. The third kappa shape index (κ3) is 5.83. The fourth-order valence-electron chi connectivity index (χ4n) is 4.57. The standard InChI is InChI=1S/C31H28FN3O6S/c1-39-26-12-4-21(5-13-26)19-34(20-22-6-14-27(40-2)15-7-22)42(37,38)30-17-23(31(36)41-3)16-29-28(30)18-33-35(29)25-10-8-24(32)9-11-25/h4-18H,19-20H2,1-3H3. The zero-order chi connectivity index (χ0) is 29.9. The second-order valence-corrected chi connectivity index (χ2v) is 11.3. The average molecular weight is 590 g/mol. The average Bonchev–Trinajstić information content (AvgIpc) is 3.45. The van der Waals surface area contributed by atoms with E-state index in [1.165, 1.54) is 58.7 Å². The number of carbonyl (C=O) groups is 1. The van der Waals surface area contributed by atoms with Crippen LogP contribution in [0, 0.1) is 5.82 Å². The quantitative estimate of drug-likeness (QED) is 0.202. The van der Waals surface area contributed by atoms with Crippen molar-refractivity contribution in [3.05, 3.63) is 114 Å². The van der Waals surface area contributed by atoms with Crippen LogP contribution < -0.4 is 9.47 Å². The molecule has 0 amide bonds. The molecule has 0 N–H and O–H groups in total. The van der Waals surface area contributed by atoms with Crippen molar-refractivity contribution in [2.45, 2.75) is 18.0 Å². The normalized spacial score (nSPS) is 11.5. The van der Waals surface area contributed by atoms with E-state index in [9.17, 15) is 17.6 Å². The molecule has 42 heavy (non-hydrogen) atoms. The predicted octanol–water partition coefficient (Wildman–Crippen LogP) is 5.36. The van der Waals surface area contributed by atoms with Gasteiger partial charge in [0.05, 0.1) is 49.2 Å². The number of carbonyl (C=O) groups excluding carboxylic acids is 1. The molecule has 1 heterocycles. The maximum atomic E-state index is 14.5. The van der Waals surface area contributed by atoms with E-state index < -0.39 is 21.8 Å². The second-order valence-electron chi connectivity index (χ2n) is 9.40. The van der Waals surface area contributed by atoms with Crippen molar-refractivity contribution in [1.29, 1.82) is 0 Å². The first kappa shape index (κ1) is 28.8. The number of benzene rings is 4. The minimum Gasteiger partial charge on any atom is -0.497 e. The molecule has 216 valence electrons. The number of nitrogens with zero attached hydrogens (tertiary/aromatic N) is 3. The highest BCUT2D eigenvalue weighted by Crippen LogP contribution is 2.32. The molecule has 0 bridgehead atoms. The van der Waals surface area contributed by atoms with E-state index >= 15 is 0 Å². The van der Waals surface area contributed by atoms with Crippen LogP contribution in [0.2, 0.25) is 0 Å².